The highest BCUT2D eigenvalue weighted by molar-refractivity contribution is 7.91. The van der Waals surface area contributed by atoms with E-state index >= 15 is 0 Å². The van der Waals surface area contributed by atoms with Crippen LogP contribution >= 0.6 is 0 Å². The first-order chi connectivity index (χ1) is 11.6. The smallest absolute Gasteiger partial charge is 0.350 e. The van der Waals surface area contributed by atoms with Gasteiger partial charge < -0.3 is 19.5 Å². The van der Waals surface area contributed by atoms with Gasteiger partial charge in [0.1, 0.15) is 5.75 Å². The number of nitrogens with one attached hydrogen (secondary N) is 1. The predicted molar refractivity (Wildman–Crippen MR) is 88.7 cm³/mol. The zero-order valence-electron chi connectivity index (χ0n) is 14.3. The molecule has 8 nitrogen and oxygen atoms in total. The van der Waals surface area contributed by atoms with Gasteiger partial charge in [0.05, 0.1) is 23.4 Å². The van der Waals surface area contributed by atoms with E-state index in [0.29, 0.717) is 5.75 Å². The molecule has 1 heterocycles. The summed E-state index contributed by atoms with van der Waals surface area (Å²) in [7, 11) is -2.02. The van der Waals surface area contributed by atoms with Crippen LogP contribution in [0.25, 0.3) is 0 Å². The average molecular weight is 369 g/mol. The molecule has 1 aromatic rings. The maximum atomic E-state index is 12.0. The number of sulfone groups is 1. The summed E-state index contributed by atoms with van der Waals surface area (Å²) in [6.07, 6.45) is 1.10. The Morgan fingerprint density at radius 3 is 2.32 bits per heavy atom. The minimum atomic E-state index is -3.43. The lowest BCUT2D eigenvalue weighted by atomic mass is 10.2. The molecule has 9 heteroatoms. The van der Waals surface area contributed by atoms with E-state index in [2.05, 4.69) is 5.32 Å². The van der Waals surface area contributed by atoms with Crippen LogP contribution < -0.4 is 10.1 Å². The van der Waals surface area contributed by atoms with Crippen molar-refractivity contribution in [2.45, 2.75) is 31.5 Å². The van der Waals surface area contributed by atoms with E-state index in [1.165, 1.54) is 46.1 Å². The largest absolute Gasteiger partial charge is 0.495 e. The number of carbonyl (C=O) groups excluding carboxylic acids is 2. The van der Waals surface area contributed by atoms with Crippen LogP contribution in [-0.4, -0.2) is 39.0 Å². The van der Waals surface area contributed by atoms with Crippen LogP contribution in [0.2, 0.25) is 0 Å². The number of anilines is 1. The number of rotatable bonds is 5. The normalized spacial score (nSPS) is 16.7. The Balaban J connectivity index is 2.35. The molecule has 0 atom stereocenters. The van der Waals surface area contributed by atoms with Crippen molar-refractivity contribution in [2.75, 3.05) is 18.2 Å². The van der Waals surface area contributed by atoms with E-state index in [-0.39, 0.29) is 21.9 Å². The van der Waals surface area contributed by atoms with Crippen molar-refractivity contribution in [1.82, 2.24) is 0 Å². The third-order valence-electron chi connectivity index (χ3n) is 3.40. The number of esters is 2. The van der Waals surface area contributed by atoms with Gasteiger partial charge in [-0.05, 0) is 18.2 Å². The van der Waals surface area contributed by atoms with Gasteiger partial charge in [0, 0.05) is 20.0 Å². The molecule has 1 N–H and O–H groups in total. The zero-order valence-corrected chi connectivity index (χ0v) is 15.1. The first kappa shape index (κ1) is 18.8. The second kappa shape index (κ2) is 6.75. The fourth-order valence-electron chi connectivity index (χ4n) is 2.09. The van der Waals surface area contributed by atoms with Crippen LogP contribution in [-0.2, 0) is 28.9 Å². The molecule has 0 radical (unpaired) electrons. The quantitative estimate of drug-likeness (QED) is 0.474. The summed E-state index contributed by atoms with van der Waals surface area (Å²) in [5, 5.41) is 2.71. The average Bonchev–Trinajstić information content (AvgIpc) is 2.52. The van der Waals surface area contributed by atoms with Crippen LogP contribution in [0.4, 0.5) is 5.69 Å². The third kappa shape index (κ3) is 4.11. The number of hydrogen-bond donors (Lipinski definition) is 1. The Kier molecular flexibility index (Phi) is 5.07. The van der Waals surface area contributed by atoms with Gasteiger partial charge in [-0.25, -0.2) is 18.0 Å². The summed E-state index contributed by atoms with van der Waals surface area (Å²) < 4.78 is 39.1. The topological polar surface area (TPSA) is 108 Å². The van der Waals surface area contributed by atoms with Gasteiger partial charge >= 0.3 is 11.9 Å². The molecule has 0 unspecified atom stereocenters. The van der Waals surface area contributed by atoms with Crippen molar-refractivity contribution < 1.29 is 32.2 Å². The van der Waals surface area contributed by atoms with E-state index in [4.69, 9.17) is 14.2 Å². The van der Waals surface area contributed by atoms with Crippen LogP contribution in [0, 0.1) is 0 Å². The Morgan fingerprint density at radius 2 is 1.80 bits per heavy atom. The monoisotopic (exact) mass is 369 g/mol. The van der Waals surface area contributed by atoms with E-state index in [9.17, 15) is 18.0 Å². The van der Waals surface area contributed by atoms with E-state index < -0.39 is 27.6 Å². The van der Waals surface area contributed by atoms with Crippen LogP contribution in [0.1, 0.15) is 20.8 Å². The van der Waals surface area contributed by atoms with Gasteiger partial charge in [-0.15, -0.1) is 0 Å². The second-order valence-corrected chi connectivity index (χ2v) is 7.92. The standard InChI is InChI=1S/C16H19NO7S/c1-5-25(20,21)10-6-7-13(22-4)12(8-10)17-9-11-14(18)23-16(2,3)24-15(11)19/h6-9,17H,5H2,1-4H3. The molecule has 0 aromatic heterocycles. The summed E-state index contributed by atoms with van der Waals surface area (Å²) in [5.74, 6) is -2.74. The first-order valence-corrected chi connectivity index (χ1v) is 9.09. The Morgan fingerprint density at radius 1 is 1.20 bits per heavy atom. The molecule has 25 heavy (non-hydrogen) atoms. The molecule has 0 amide bonds. The summed E-state index contributed by atoms with van der Waals surface area (Å²) in [4.78, 5) is 23.9. The fraction of sp³-hybridized carbons (Fsp3) is 0.375. The molecule has 0 aliphatic carbocycles. The molecule has 1 fully saturated rings. The Labute approximate surface area is 145 Å². The number of cyclic esters (lactones) is 2. The van der Waals surface area contributed by atoms with Crippen LogP contribution in [0.15, 0.2) is 34.9 Å². The highest BCUT2D eigenvalue weighted by atomic mass is 32.2. The van der Waals surface area contributed by atoms with Crippen molar-refractivity contribution in [3.8, 4) is 5.75 Å². The van der Waals surface area contributed by atoms with Gasteiger partial charge in [0.25, 0.3) is 5.79 Å². The van der Waals surface area contributed by atoms with E-state index in [0.717, 1.165) is 6.20 Å². The van der Waals surface area contributed by atoms with Gasteiger partial charge in [-0.2, -0.15) is 0 Å². The number of carbonyl (C=O) groups is 2. The van der Waals surface area contributed by atoms with Gasteiger partial charge in [-0.3, -0.25) is 0 Å². The highest BCUT2D eigenvalue weighted by Crippen LogP contribution is 2.29. The Bertz CT molecular complexity index is 818. The molecule has 2 rings (SSSR count). The minimum absolute atomic E-state index is 0.0619. The summed E-state index contributed by atoms with van der Waals surface area (Å²) >= 11 is 0. The molecule has 1 aromatic carbocycles. The molecule has 0 saturated carbocycles. The van der Waals surface area contributed by atoms with Crippen molar-refractivity contribution in [3.63, 3.8) is 0 Å². The van der Waals surface area contributed by atoms with Crippen molar-refractivity contribution in [2.24, 2.45) is 0 Å². The molecular weight excluding hydrogens is 350 g/mol. The molecule has 1 aliphatic heterocycles. The van der Waals surface area contributed by atoms with Crippen molar-refractivity contribution in [1.29, 1.82) is 0 Å². The van der Waals surface area contributed by atoms with Gasteiger partial charge in [0.15, 0.2) is 15.4 Å². The highest BCUT2D eigenvalue weighted by Gasteiger charge is 2.39. The van der Waals surface area contributed by atoms with Crippen LogP contribution in [0.3, 0.4) is 0 Å². The molecule has 1 saturated heterocycles. The maximum absolute atomic E-state index is 12.0. The van der Waals surface area contributed by atoms with Crippen molar-refractivity contribution in [3.05, 3.63) is 30.0 Å². The molecule has 136 valence electrons. The van der Waals surface area contributed by atoms with Gasteiger partial charge in [-0.1, -0.05) is 6.92 Å². The summed E-state index contributed by atoms with van der Waals surface area (Å²) in [6.45, 7) is 4.41. The second-order valence-electron chi connectivity index (χ2n) is 5.65. The fourth-order valence-corrected chi connectivity index (χ4v) is 2.99. The predicted octanol–water partition coefficient (Wildman–Crippen LogP) is 1.62. The SMILES string of the molecule is CCS(=O)(=O)c1ccc(OC)c(NC=C2C(=O)OC(C)(C)OC2=O)c1. The molecule has 0 bridgehead atoms. The maximum Gasteiger partial charge on any atom is 0.350 e. The number of hydrogen-bond acceptors (Lipinski definition) is 8. The number of benzene rings is 1. The van der Waals surface area contributed by atoms with E-state index in [1.807, 2.05) is 0 Å². The molecular formula is C16H19NO7S. The van der Waals surface area contributed by atoms with Crippen molar-refractivity contribution >= 4 is 27.5 Å². The lowest BCUT2D eigenvalue weighted by Crippen LogP contribution is -2.42. The zero-order chi connectivity index (χ0) is 18.8. The summed E-state index contributed by atoms with van der Waals surface area (Å²) in [6, 6.07) is 4.25. The minimum Gasteiger partial charge on any atom is -0.495 e. The number of ether oxygens (including phenoxy) is 3. The van der Waals surface area contributed by atoms with E-state index in [1.54, 1.807) is 0 Å². The lowest BCUT2D eigenvalue weighted by Gasteiger charge is -2.29. The number of methoxy groups -OCH3 is 1. The summed E-state index contributed by atoms with van der Waals surface area (Å²) in [5.41, 5.74) is -0.0694. The Hall–Kier alpha value is -2.55. The third-order valence-corrected chi connectivity index (χ3v) is 5.13. The van der Waals surface area contributed by atoms with Gasteiger partial charge in [0.2, 0.25) is 0 Å². The first-order valence-electron chi connectivity index (χ1n) is 7.44. The van der Waals surface area contributed by atoms with Crippen LogP contribution in [0.5, 0.6) is 5.75 Å². The lowest BCUT2D eigenvalue weighted by molar-refractivity contribution is -0.222. The molecule has 0 spiro atoms. The molecule has 1 aliphatic rings.